The molecule has 1 atom stereocenters. The maximum Gasteiger partial charge on any atom is 0.249 e. The summed E-state index contributed by atoms with van der Waals surface area (Å²) in [6.45, 7) is 5.09. The Labute approximate surface area is 144 Å². The van der Waals surface area contributed by atoms with E-state index in [0.717, 1.165) is 44.3 Å². The fourth-order valence-corrected chi connectivity index (χ4v) is 4.34. The highest BCUT2D eigenvalue weighted by atomic mass is 16.2. The Morgan fingerprint density at radius 3 is 2.88 bits per heavy atom. The highest BCUT2D eigenvalue weighted by Crippen LogP contribution is 2.27. The molecule has 1 saturated heterocycles. The number of nitrogens with zero attached hydrogens (tertiary/aromatic N) is 4. The van der Waals surface area contributed by atoms with Gasteiger partial charge < -0.3 is 9.80 Å². The SMILES string of the molecule is O=C(C1=CCCC1)N1Cc2ccnn2C(CCN2CCCCC2)C1. The van der Waals surface area contributed by atoms with Gasteiger partial charge in [0, 0.05) is 24.9 Å². The summed E-state index contributed by atoms with van der Waals surface area (Å²) in [5, 5.41) is 4.54. The molecule has 0 bridgehead atoms. The first-order chi connectivity index (χ1) is 11.8. The molecule has 0 N–H and O–H groups in total. The lowest BCUT2D eigenvalue weighted by molar-refractivity contribution is -0.129. The van der Waals surface area contributed by atoms with Gasteiger partial charge in [0.25, 0.3) is 0 Å². The maximum atomic E-state index is 12.8. The summed E-state index contributed by atoms with van der Waals surface area (Å²) >= 11 is 0. The Morgan fingerprint density at radius 1 is 1.21 bits per heavy atom. The molecule has 4 rings (SSSR count). The fourth-order valence-electron chi connectivity index (χ4n) is 4.34. The van der Waals surface area contributed by atoms with Gasteiger partial charge in [-0.05, 0) is 57.7 Å². The quantitative estimate of drug-likeness (QED) is 0.853. The first-order valence-electron chi connectivity index (χ1n) is 9.54. The number of allylic oxidation sites excluding steroid dienone is 1. The number of rotatable bonds is 4. The molecule has 3 aliphatic rings. The normalized spacial score (nSPS) is 24.8. The summed E-state index contributed by atoms with van der Waals surface area (Å²) in [5.41, 5.74) is 2.20. The topological polar surface area (TPSA) is 41.4 Å². The van der Waals surface area contributed by atoms with Gasteiger partial charge in [0.05, 0.1) is 18.3 Å². The monoisotopic (exact) mass is 328 g/mol. The van der Waals surface area contributed by atoms with E-state index < -0.39 is 0 Å². The van der Waals surface area contributed by atoms with Gasteiger partial charge in [-0.1, -0.05) is 12.5 Å². The standard InChI is InChI=1S/C19H28N4O/c24-19(16-6-2-3-7-16)22-14-17-8-10-20-23(17)18(15-22)9-13-21-11-4-1-5-12-21/h6,8,10,18H,1-5,7,9,11-15H2. The molecule has 5 nitrogen and oxygen atoms in total. The number of carbonyl (C=O) groups excluding carboxylic acids is 1. The number of hydrogen-bond acceptors (Lipinski definition) is 3. The van der Waals surface area contributed by atoms with Crippen LogP contribution in [-0.4, -0.2) is 51.7 Å². The molecule has 1 aromatic rings. The van der Waals surface area contributed by atoms with Crippen molar-refractivity contribution in [3.05, 3.63) is 29.6 Å². The van der Waals surface area contributed by atoms with Crippen LogP contribution in [0.2, 0.25) is 0 Å². The first kappa shape index (κ1) is 15.9. The zero-order valence-corrected chi connectivity index (χ0v) is 14.5. The van der Waals surface area contributed by atoms with E-state index in [1.54, 1.807) is 0 Å². The Kier molecular flexibility index (Phi) is 4.69. The minimum Gasteiger partial charge on any atom is -0.331 e. The Morgan fingerprint density at radius 2 is 2.08 bits per heavy atom. The molecule has 5 heteroatoms. The molecule has 3 heterocycles. The zero-order chi connectivity index (χ0) is 16.4. The molecular formula is C19H28N4O. The maximum absolute atomic E-state index is 12.8. The number of amides is 1. The third-order valence-electron chi connectivity index (χ3n) is 5.71. The van der Waals surface area contributed by atoms with Crippen LogP contribution >= 0.6 is 0 Å². The lowest BCUT2D eigenvalue weighted by Crippen LogP contribution is -2.43. The molecule has 0 radical (unpaired) electrons. The third-order valence-corrected chi connectivity index (χ3v) is 5.71. The Hall–Kier alpha value is -1.62. The van der Waals surface area contributed by atoms with Crippen LogP contribution in [0.1, 0.15) is 56.7 Å². The van der Waals surface area contributed by atoms with E-state index in [1.807, 2.05) is 6.20 Å². The average Bonchev–Trinajstić information content (AvgIpc) is 3.31. The van der Waals surface area contributed by atoms with Crippen LogP contribution in [0.3, 0.4) is 0 Å². The third kappa shape index (κ3) is 3.27. The van der Waals surface area contributed by atoms with E-state index in [9.17, 15) is 4.79 Å². The smallest absolute Gasteiger partial charge is 0.249 e. The van der Waals surface area contributed by atoms with E-state index in [0.29, 0.717) is 12.6 Å². The van der Waals surface area contributed by atoms with Gasteiger partial charge in [-0.25, -0.2) is 0 Å². The molecule has 1 fully saturated rings. The second-order valence-electron chi connectivity index (χ2n) is 7.42. The van der Waals surface area contributed by atoms with Gasteiger partial charge in [0.1, 0.15) is 0 Å². The van der Waals surface area contributed by atoms with Crippen molar-refractivity contribution in [3.8, 4) is 0 Å². The highest BCUT2D eigenvalue weighted by molar-refractivity contribution is 5.93. The molecule has 0 saturated carbocycles. The predicted molar refractivity (Wildman–Crippen MR) is 93.5 cm³/mol. The molecule has 1 amide bonds. The van der Waals surface area contributed by atoms with Crippen LogP contribution in [-0.2, 0) is 11.3 Å². The molecule has 1 unspecified atom stereocenters. The van der Waals surface area contributed by atoms with E-state index >= 15 is 0 Å². The van der Waals surface area contributed by atoms with Crippen molar-refractivity contribution in [1.82, 2.24) is 19.6 Å². The second kappa shape index (κ2) is 7.09. The minimum absolute atomic E-state index is 0.253. The first-order valence-corrected chi connectivity index (χ1v) is 9.54. The molecule has 2 aliphatic heterocycles. The predicted octanol–water partition coefficient (Wildman–Crippen LogP) is 2.75. The summed E-state index contributed by atoms with van der Waals surface area (Å²) in [6.07, 6.45) is 12.3. The Balaban J connectivity index is 1.43. The van der Waals surface area contributed by atoms with Crippen molar-refractivity contribution in [2.75, 3.05) is 26.2 Å². The van der Waals surface area contributed by atoms with E-state index in [4.69, 9.17) is 0 Å². The lowest BCUT2D eigenvalue weighted by atomic mass is 10.1. The minimum atomic E-state index is 0.253. The molecule has 130 valence electrons. The number of fused-ring (bicyclic) bond motifs is 1. The lowest BCUT2D eigenvalue weighted by Gasteiger charge is -2.36. The summed E-state index contributed by atoms with van der Waals surface area (Å²) < 4.78 is 2.16. The number of aromatic nitrogens is 2. The van der Waals surface area contributed by atoms with E-state index in [2.05, 4.69) is 31.7 Å². The molecule has 0 aromatic carbocycles. The molecular weight excluding hydrogens is 300 g/mol. The van der Waals surface area contributed by atoms with Crippen LogP contribution in [0.4, 0.5) is 0 Å². The number of likely N-dealkylation sites (tertiary alicyclic amines) is 1. The van der Waals surface area contributed by atoms with Crippen molar-refractivity contribution >= 4 is 5.91 Å². The number of carbonyl (C=O) groups is 1. The van der Waals surface area contributed by atoms with Gasteiger partial charge in [0.2, 0.25) is 5.91 Å². The summed E-state index contributed by atoms with van der Waals surface area (Å²) in [7, 11) is 0. The van der Waals surface area contributed by atoms with Gasteiger partial charge in [-0.3, -0.25) is 9.48 Å². The number of hydrogen-bond donors (Lipinski definition) is 0. The molecule has 1 aromatic heterocycles. The second-order valence-corrected chi connectivity index (χ2v) is 7.42. The van der Waals surface area contributed by atoms with Crippen LogP contribution in [0.5, 0.6) is 0 Å². The van der Waals surface area contributed by atoms with Gasteiger partial charge in [-0.2, -0.15) is 5.10 Å². The Bertz CT molecular complexity index is 615. The van der Waals surface area contributed by atoms with Crippen LogP contribution in [0.15, 0.2) is 23.9 Å². The van der Waals surface area contributed by atoms with Crippen LogP contribution in [0.25, 0.3) is 0 Å². The van der Waals surface area contributed by atoms with Crippen LogP contribution < -0.4 is 0 Å². The van der Waals surface area contributed by atoms with Crippen LogP contribution in [0, 0.1) is 0 Å². The van der Waals surface area contributed by atoms with Gasteiger partial charge in [0.15, 0.2) is 0 Å². The van der Waals surface area contributed by atoms with E-state index in [-0.39, 0.29) is 5.91 Å². The largest absolute Gasteiger partial charge is 0.331 e. The molecule has 0 spiro atoms. The molecule has 1 aliphatic carbocycles. The van der Waals surface area contributed by atoms with Crippen molar-refractivity contribution in [2.24, 2.45) is 0 Å². The van der Waals surface area contributed by atoms with Crippen molar-refractivity contribution in [2.45, 2.75) is 57.5 Å². The fraction of sp³-hybridized carbons (Fsp3) is 0.684. The molecule has 24 heavy (non-hydrogen) atoms. The van der Waals surface area contributed by atoms with Crippen molar-refractivity contribution < 1.29 is 4.79 Å². The summed E-state index contributed by atoms with van der Waals surface area (Å²) in [4.78, 5) is 17.4. The van der Waals surface area contributed by atoms with Crippen molar-refractivity contribution in [3.63, 3.8) is 0 Å². The van der Waals surface area contributed by atoms with E-state index in [1.165, 1.54) is 38.0 Å². The van der Waals surface area contributed by atoms with Gasteiger partial charge in [-0.15, -0.1) is 0 Å². The van der Waals surface area contributed by atoms with Gasteiger partial charge >= 0.3 is 0 Å². The highest BCUT2D eigenvalue weighted by Gasteiger charge is 2.30. The summed E-state index contributed by atoms with van der Waals surface area (Å²) in [5.74, 6) is 0.253. The van der Waals surface area contributed by atoms with Crippen molar-refractivity contribution in [1.29, 1.82) is 0 Å². The summed E-state index contributed by atoms with van der Waals surface area (Å²) in [6, 6.07) is 2.38. The average molecular weight is 328 g/mol. The zero-order valence-electron chi connectivity index (χ0n) is 14.5. The number of piperidine rings is 1.